The fourth-order valence-corrected chi connectivity index (χ4v) is 3.16. The topological polar surface area (TPSA) is 24.9 Å². The Balaban J connectivity index is 1.76. The van der Waals surface area contributed by atoms with Crippen LogP contribution in [0.25, 0.3) is 0 Å². The van der Waals surface area contributed by atoms with E-state index in [0.717, 1.165) is 16.4 Å². The Morgan fingerprint density at radius 3 is 2.86 bits per heavy atom. The van der Waals surface area contributed by atoms with Crippen LogP contribution in [0.4, 0.5) is 0 Å². The Morgan fingerprint density at radius 1 is 1.43 bits per heavy atom. The molecule has 14 heavy (non-hydrogen) atoms. The molecule has 4 heteroatoms. The Labute approximate surface area is 97.3 Å². The molecule has 1 fully saturated rings. The maximum absolute atomic E-state index is 4.31. The summed E-state index contributed by atoms with van der Waals surface area (Å²) in [6, 6.07) is 0.728. The van der Waals surface area contributed by atoms with Gasteiger partial charge in [-0.3, -0.25) is 0 Å². The molecule has 0 spiro atoms. The second-order valence-electron chi connectivity index (χ2n) is 3.77. The third kappa shape index (κ3) is 3.04. The summed E-state index contributed by atoms with van der Waals surface area (Å²) in [5, 5.41) is 4.76. The molecule has 0 unspecified atom stereocenters. The Hall–Kier alpha value is 0.0700. The Morgan fingerprint density at radius 2 is 2.21 bits per heavy atom. The van der Waals surface area contributed by atoms with Crippen LogP contribution in [0.1, 0.15) is 37.1 Å². The van der Waals surface area contributed by atoms with Crippen LogP contribution in [0.3, 0.4) is 0 Å². The van der Waals surface area contributed by atoms with Gasteiger partial charge in [-0.05, 0) is 28.8 Å². The van der Waals surface area contributed by atoms with Crippen molar-refractivity contribution >= 4 is 27.3 Å². The van der Waals surface area contributed by atoms with E-state index in [1.165, 1.54) is 37.1 Å². The van der Waals surface area contributed by atoms with Crippen LogP contribution >= 0.6 is 27.3 Å². The lowest BCUT2D eigenvalue weighted by molar-refractivity contribution is 0.372. The van der Waals surface area contributed by atoms with Crippen molar-refractivity contribution in [3.8, 4) is 0 Å². The van der Waals surface area contributed by atoms with Crippen LogP contribution in [0.15, 0.2) is 9.98 Å². The molecule has 0 radical (unpaired) electrons. The van der Waals surface area contributed by atoms with Gasteiger partial charge in [-0.1, -0.05) is 19.3 Å². The van der Waals surface area contributed by atoms with Crippen molar-refractivity contribution in [3.63, 3.8) is 0 Å². The molecule has 1 aromatic heterocycles. The molecule has 1 N–H and O–H groups in total. The number of hydrogen-bond acceptors (Lipinski definition) is 3. The van der Waals surface area contributed by atoms with E-state index in [1.807, 2.05) is 6.20 Å². The molecule has 0 saturated heterocycles. The predicted molar refractivity (Wildman–Crippen MR) is 63.5 cm³/mol. The molecule has 1 aliphatic rings. The highest BCUT2D eigenvalue weighted by molar-refractivity contribution is 9.11. The maximum Gasteiger partial charge on any atom is 0.107 e. The third-order valence-corrected chi connectivity index (χ3v) is 4.15. The molecular formula is C10H15BrN2S. The van der Waals surface area contributed by atoms with E-state index in [9.17, 15) is 0 Å². The summed E-state index contributed by atoms with van der Waals surface area (Å²) in [6.45, 7) is 0.931. The second kappa shape index (κ2) is 5.24. The monoisotopic (exact) mass is 274 g/mol. The molecule has 1 saturated carbocycles. The van der Waals surface area contributed by atoms with Gasteiger partial charge in [-0.25, -0.2) is 4.98 Å². The van der Waals surface area contributed by atoms with Crippen molar-refractivity contribution < 1.29 is 0 Å². The molecular weight excluding hydrogens is 260 g/mol. The van der Waals surface area contributed by atoms with Gasteiger partial charge >= 0.3 is 0 Å². The van der Waals surface area contributed by atoms with E-state index in [1.54, 1.807) is 11.3 Å². The molecule has 0 atom stereocenters. The van der Waals surface area contributed by atoms with Crippen molar-refractivity contribution in [2.75, 3.05) is 0 Å². The van der Waals surface area contributed by atoms with E-state index >= 15 is 0 Å². The summed E-state index contributed by atoms with van der Waals surface area (Å²) >= 11 is 5.15. The van der Waals surface area contributed by atoms with Gasteiger partial charge in [0, 0.05) is 12.6 Å². The average Bonchev–Trinajstić information content (AvgIpc) is 2.63. The van der Waals surface area contributed by atoms with Gasteiger partial charge < -0.3 is 5.32 Å². The highest BCUT2D eigenvalue weighted by Gasteiger charge is 2.12. The first-order valence-electron chi connectivity index (χ1n) is 5.18. The smallest absolute Gasteiger partial charge is 0.107 e. The first-order chi connectivity index (χ1) is 6.84. The molecule has 1 aliphatic carbocycles. The van der Waals surface area contributed by atoms with E-state index in [4.69, 9.17) is 0 Å². The largest absolute Gasteiger partial charge is 0.308 e. The minimum atomic E-state index is 0.728. The van der Waals surface area contributed by atoms with Gasteiger partial charge in [-0.15, -0.1) is 11.3 Å². The molecule has 78 valence electrons. The Bertz CT molecular complexity index is 281. The Kier molecular flexibility index (Phi) is 3.96. The molecule has 1 heterocycles. The van der Waals surface area contributed by atoms with Crippen LogP contribution in [0.2, 0.25) is 0 Å². The summed E-state index contributed by atoms with van der Waals surface area (Å²) < 4.78 is 1.12. The molecule has 2 rings (SSSR count). The fourth-order valence-electron chi connectivity index (χ4n) is 1.91. The fraction of sp³-hybridized carbons (Fsp3) is 0.700. The zero-order chi connectivity index (χ0) is 9.80. The standard InChI is InChI=1S/C10H15BrN2S/c11-9-6-13-10(14-9)7-12-8-4-2-1-3-5-8/h6,8,12H,1-5,7H2. The van der Waals surface area contributed by atoms with Crippen molar-refractivity contribution in [2.45, 2.75) is 44.7 Å². The number of rotatable bonds is 3. The van der Waals surface area contributed by atoms with Crippen molar-refractivity contribution in [3.05, 3.63) is 15.0 Å². The van der Waals surface area contributed by atoms with Gasteiger partial charge in [-0.2, -0.15) is 0 Å². The zero-order valence-electron chi connectivity index (χ0n) is 8.13. The van der Waals surface area contributed by atoms with E-state index in [-0.39, 0.29) is 0 Å². The van der Waals surface area contributed by atoms with Crippen LogP contribution in [-0.2, 0) is 6.54 Å². The zero-order valence-corrected chi connectivity index (χ0v) is 10.5. The van der Waals surface area contributed by atoms with Gasteiger partial charge in [0.25, 0.3) is 0 Å². The minimum absolute atomic E-state index is 0.728. The lowest BCUT2D eigenvalue weighted by atomic mass is 9.96. The predicted octanol–water partition coefficient (Wildman–Crippen LogP) is 3.33. The number of nitrogens with one attached hydrogen (secondary N) is 1. The quantitative estimate of drug-likeness (QED) is 0.915. The molecule has 0 aliphatic heterocycles. The first-order valence-corrected chi connectivity index (χ1v) is 6.79. The average molecular weight is 275 g/mol. The van der Waals surface area contributed by atoms with Crippen molar-refractivity contribution in [2.24, 2.45) is 0 Å². The number of aromatic nitrogens is 1. The minimum Gasteiger partial charge on any atom is -0.308 e. The van der Waals surface area contributed by atoms with Crippen LogP contribution in [0.5, 0.6) is 0 Å². The molecule has 2 nitrogen and oxygen atoms in total. The molecule has 0 aromatic carbocycles. The molecule has 0 amide bonds. The summed E-state index contributed by atoms with van der Waals surface area (Å²) in [6.07, 6.45) is 8.75. The SMILES string of the molecule is Brc1cnc(CNC2CCCCC2)s1. The van der Waals surface area contributed by atoms with E-state index < -0.39 is 0 Å². The maximum atomic E-state index is 4.31. The van der Waals surface area contributed by atoms with E-state index in [2.05, 4.69) is 26.2 Å². The molecule has 1 aromatic rings. The summed E-state index contributed by atoms with van der Waals surface area (Å²) in [7, 11) is 0. The van der Waals surface area contributed by atoms with Crippen molar-refractivity contribution in [1.29, 1.82) is 0 Å². The van der Waals surface area contributed by atoms with Crippen LogP contribution < -0.4 is 5.32 Å². The molecule has 0 bridgehead atoms. The highest BCUT2D eigenvalue weighted by Crippen LogP contribution is 2.21. The van der Waals surface area contributed by atoms with Gasteiger partial charge in [0.1, 0.15) is 5.01 Å². The summed E-state index contributed by atoms with van der Waals surface area (Å²) in [5.41, 5.74) is 0. The first kappa shape index (κ1) is 10.6. The normalized spacial score (nSPS) is 18.6. The number of halogens is 1. The lowest BCUT2D eigenvalue weighted by Gasteiger charge is -2.22. The number of hydrogen-bond donors (Lipinski definition) is 1. The van der Waals surface area contributed by atoms with Crippen LogP contribution in [-0.4, -0.2) is 11.0 Å². The van der Waals surface area contributed by atoms with Gasteiger partial charge in [0.2, 0.25) is 0 Å². The lowest BCUT2D eigenvalue weighted by Crippen LogP contribution is -2.30. The third-order valence-electron chi connectivity index (χ3n) is 2.67. The number of thiazole rings is 1. The summed E-state index contributed by atoms with van der Waals surface area (Å²) in [5.74, 6) is 0. The highest BCUT2D eigenvalue weighted by atomic mass is 79.9. The van der Waals surface area contributed by atoms with E-state index in [0.29, 0.717) is 0 Å². The summed E-state index contributed by atoms with van der Waals surface area (Å²) in [4.78, 5) is 4.31. The number of nitrogens with zero attached hydrogens (tertiary/aromatic N) is 1. The van der Waals surface area contributed by atoms with Gasteiger partial charge in [0.05, 0.1) is 9.98 Å². The van der Waals surface area contributed by atoms with Crippen LogP contribution in [0, 0.1) is 0 Å². The van der Waals surface area contributed by atoms with Gasteiger partial charge in [0.15, 0.2) is 0 Å². The second-order valence-corrected chi connectivity index (χ2v) is 6.27. The van der Waals surface area contributed by atoms with Crippen molar-refractivity contribution in [1.82, 2.24) is 10.3 Å².